The number of carbonyl (C=O) groups is 1. The van der Waals surface area contributed by atoms with Crippen molar-refractivity contribution in [2.45, 2.75) is 19.9 Å². The fraction of sp³-hybridized carbons (Fsp3) is 0.273. The van der Waals surface area contributed by atoms with Crippen LogP contribution < -0.4 is 19.2 Å². The molecule has 0 saturated heterocycles. The normalized spacial score (nSPS) is 12.2. The largest absolute Gasteiger partial charge is 0.494 e. The van der Waals surface area contributed by atoms with Gasteiger partial charge in [-0.3, -0.25) is 9.10 Å². The summed E-state index contributed by atoms with van der Waals surface area (Å²) in [7, 11) is -3.72. The maximum atomic E-state index is 12.6. The number of hydrazone groups is 1. The summed E-state index contributed by atoms with van der Waals surface area (Å²) in [6.45, 7) is 7.82. The fourth-order valence-electron chi connectivity index (χ4n) is 2.77. The SMILES string of the molecule is C=CCOc1cccc(/C=N\NC(=O)[C@@H](C)N(c2ccc(OCC)cc2)S(C)(=O)=O)c1. The van der Waals surface area contributed by atoms with Crippen molar-refractivity contribution in [2.75, 3.05) is 23.8 Å². The molecule has 1 N–H and O–H groups in total. The molecule has 1 atom stereocenters. The van der Waals surface area contributed by atoms with Gasteiger partial charge in [-0.25, -0.2) is 13.8 Å². The number of nitrogens with zero attached hydrogens (tertiary/aromatic N) is 2. The first kappa shape index (κ1) is 23.9. The van der Waals surface area contributed by atoms with Crippen LogP contribution >= 0.6 is 0 Å². The summed E-state index contributed by atoms with van der Waals surface area (Å²) in [5, 5.41) is 3.94. The van der Waals surface area contributed by atoms with Crippen molar-refractivity contribution in [1.82, 2.24) is 5.43 Å². The van der Waals surface area contributed by atoms with Gasteiger partial charge in [0.1, 0.15) is 24.1 Å². The van der Waals surface area contributed by atoms with Gasteiger partial charge in [-0.15, -0.1) is 0 Å². The second-order valence-corrected chi connectivity index (χ2v) is 8.43. The molecule has 0 unspecified atom stereocenters. The van der Waals surface area contributed by atoms with Gasteiger partial charge in [0.25, 0.3) is 5.91 Å². The molecule has 0 bridgehead atoms. The summed E-state index contributed by atoms with van der Waals surface area (Å²) < 4.78 is 36.6. The van der Waals surface area contributed by atoms with Crippen LogP contribution in [0.4, 0.5) is 5.69 Å². The molecule has 8 nitrogen and oxygen atoms in total. The van der Waals surface area contributed by atoms with Crippen LogP contribution in [0.1, 0.15) is 19.4 Å². The molecule has 0 heterocycles. The maximum absolute atomic E-state index is 12.6. The van der Waals surface area contributed by atoms with Crippen LogP contribution in [0.5, 0.6) is 11.5 Å². The lowest BCUT2D eigenvalue weighted by Gasteiger charge is -2.27. The summed E-state index contributed by atoms with van der Waals surface area (Å²) >= 11 is 0. The maximum Gasteiger partial charge on any atom is 0.263 e. The first-order valence-corrected chi connectivity index (χ1v) is 11.5. The molecular formula is C22H27N3O5S. The van der Waals surface area contributed by atoms with E-state index < -0.39 is 22.0 Å². The minimum atomic E-state index is -3.72. The molecule has 0 aliphatic carbocycles. The zero-order chi connectivity index (χ0) is 22.9. The Labute approximate surface area is 183 Å². The van der Waals surface area contributed by atoms with E-state index in [4.69, 9.17) is 9.47 Å². The first-order valence-electron chi connectivity index (χ1n) is 9.65. The van der Waals surface area contributed by atoms with Crippen molar-refractivity contribution < 1.29 is 22.7 Å². The second kappa shape index (κ2) is 11.2. The number of rotatable bonds is 11. The third-order valence-electron chi connectivity index (χ3n) is 4.11. The van der Waals surface area contributed by atoms with E-state index in [2.05, 4.69) is 17.1 Å². The average molecular weight is 446 g/mol. The molecule has 0 aliphatic heterocycles. The summed E-state index contributed by atoms with van der Waals surface area (Å²) in [6.07, 6.45) is 4.14. The number of amides is 1. The highest BCUT2D eigenvalue weighted by Crippen LogP contribution is 2.24. The predicted molar refractivity (Wildman–Crippen MR) is 122 cm³/mol. The van der Waals surface area contributed by atoms with Gasteiger partial charge in [0, 0.05) is 0 Å². The van der Waals surface area contributed by atoms with Gasteiger partial charge in [-0.1, -0.05) is 24.8 Å². The van der Waals surface area contributed by atoms with E-state index in [9.17, 15) is 13.2 Å². The Morgan fingerprint density at radius 3 is 2.52 bits per heavy atom. The minimum Gasteiger partial charge on any atom is -0.494 e. The zero-order valence-electron chi connectivity index (χ0n) is 17.8. The molecule has 0 aromatic heterocycles. The van der Waals surface area contributed by atoms with Crippen molar-refractivity contribution in [3.05, 3.63) is 66.7 Å². The molecule has 0 fully saturated rings. The number of ether oxygens (including phenoxy) is 2. The molecule has 2 aromatic carbocycles. The molecule has 9 heteroatoms. The fourth-order valence-corrected chi connectivity index (χ4v) is 3.94. The lowest BCUT2D eigenvalue weighted by atomic mass is 10.2. The number of carbonyl (C=O) groups excluding carboxylic acids is 1. The highest BCUT2D eigenvalue weighted by atomic mass is 32.2. The molecule has 1 amide bonds. The second-order valence-electron chi connectivity index (χ2n) is 6.57. The molecule has 2 rings (SSSR count). The van der Waals surface area contributed by atoms with Crippen molar-refractivity contribution in [2.24, 2.45) is 5.10 Å². The van der Waals surface area contributed by atoms with Crippen LogP contribution in [0.3, 0.4) is 0 Å². The standard InChI is InChI=1S/C22H27N3O5S/c1-5-14-30-21-9-7-8-18(15-21)16-23-24-22(26)17(3)25(31(4,27)28)19-10-12-20(13-11-19)29-6-2/h5,7-13,15-17H,1,6,14H2,2-4H3,(H,24,26)/b23-16-/t17-/m1/s1. The van der Waals surface area contributed by atoms with E-state index in [0.29, 0.717) is 36.0 Å². The van der Waals surface area contributed by atoms with Crippen molar-refractivity contribution >= 4 is 27.8 Å². The lowest BCUT2D eigenvalue weighted by Crippen LogP contribution is -2.46. The highest BCUT2D eigenvalue weighted by molar-refractivity contribution is 7.92. The number of hydrogen-bond acceptors (Lipinski definition) is 6. The van der Waals surface area contributed by atoms with Gasteiger partial charge < -0.3 is 9.47 Å². The van der Waals surface area contributed by atoms with Crippen LogP contribution in [0.25, 0.3) is 0 Å². The number of sulfonamides is 1. The molecule has 0 radical (unpaired) electrons. The molecule has 2 aromatic rings. The topological polar surface area (TPSA) is 97.3 Å². The quantitative estimate of drug-likeness (QED) is 0.326. The number of anilines is 1. The monoisotopic (exact) mass is 445 g/mol. The number of benzene rings is 2. The van der Waals surface area contributed by atoms with E-state index in [0.717, 1.165) is 10.6 Å². The van der Waals surface area contributed by atoms with Gasteiger partial charge in [0.15, 0.2) is 0 Å². The lowest BCUT2D eigenvalue weighted by molar-refractivity contribution is -0.121. The third-order valence-corrected chi connectivity index (χ3v) is 5.35. The summed E-state index contributed by atoms with van der Waals surface area (Å²) in [5.74, 6) is 0.678. The van der Waals surface area contributed by atoms with Crippen LogP contribution in [0.15, 0.2) is 66.3 Å². The molecule has 0 spiro atoms. The van der Waals surface area contributed by atoms with Gasteiger partial charge in [0.05, 0.1) is 24.8 Å². The van der Waals surface area contributed by atoms with E-state index in [1.165, 1.54) is 13.1 Å². The van der Waals surface area contributed by atoms with Gasteiger partial charge in [-0.05, 0) is 55.8 Å². The Hall–Kier alpha value is -3.33. The average Bonchev–Trinajstić information content (AvgIpc) is 2.73. The van der Waals surface area contributed by atoms with E-state index in [1.54, 1.807) is 54.6 Å². The Morgan fingerprint density at radius 1 is 1.19 bits per heavy atom. The molecule has 31 heavy (non-hydrogen) atoms. The smallest absolute Gasteiger partial charge is 0.263 e. The molecule has 166 valence electrons. The van der Waals surface area contributed by atoms with Gasteiger partial charge >= 0.3 is 0 Å². The van der Waals surface area contributed by atoms with Gasteiger partial charge in [-0.2, -0.15) is 5.10 Å². The highest BCUT2D eigenvalue weighted by Gasteiger charge is 2.29. The van der Waals surface area contributed by atoms with Crippen molar-refractivity contribution in [3.8, 4) is 11.5 Å². The Kier molecular flexibility index (Phi) is 8.63. The number of hydrogen-bond donors (Lipinski definition) is 1. The van der Waals surface area contributed by atoms with Crippen LogP contribution in [0.2, 0.25) is 0 Å². The predicted octanol–water partition coefficient (Wildman–Crippen LogP) is 2.95. The Morgan fingerprint density at radius 2 is 1.90 bits per heavy atom. The summed E-state index contributed by atoms with van der Waals surface area (Å²) in [4.78, 5) is 12.6. The molecule has 0 aliphatic rings. The summed E-state index contributed by atoms with van der Waals surface area (Å²) in [6, 6.07) is 12.6. The van der Waals surface area contributed by atoms with E-state index >= 15 is 0 Å². The summed E-state index contributed by atoms with van der Waals surface area (Å²) in [5.41, 5.74) is 3.45. The first-order chi connectivity index (χ1) is 14.8. The third kappa shape index (κ3) is 7.14. The van der Waals surface area contributed by atoms with E-state index in [1.807, 2.05) is 6.92 Å². The molecular weight excluding hydrogens is 418 g/mol. The van der Waals surface area contributed by atoms with Crippen LogP contribution in [-0.4, -0.2) is 46.1 Å². The van der Waals surface area contributed by atoms with Crippen LogP contribution in [-0.2, 0) is 14.8 Å². The molecule has 0 saturated carbocycles. The van der Waals surface area contributed by atoms with Gasteiger partial charge in [0.2, 0.25) is 10.0 Å². The zero-order valence-corrected chi connectivity index (χ0v) is 18.6. The number of nitrogens with one attached hydrogen (secondary N) is 1. The Balaban J connectivity index is 2.11. The van der Waals surface area contributed by atoms with Crippen molar-refractivity contribution in [1.29, 1.82) is 0 Å². The van der Waals surface area contributed by atoms with Crippen molar-refractivity contribution in [3.63, 3.8) is 0 Å². The Bertz CT molecular complexity index is 1020. The minimum absolute atomic E-state index is 0.352. The van der Waals surface area contributed by atoms with E-state index in [-0.39, 0.29) is 0 Å². The van der Waals surface area contributed by atoms with Crippen LogP contribution in [0, 0.1) is 0 Å².